The van der Waals surface area contributed by atoms with E-state index in [2.05, 4.69) is 99.6 Å². The van der Waals surface area contributed by atoms with Crippen LogP contribution in [-0.2, 0) is 0 Å². The molecule has 9 aromatic rings. The highest BCUT2D eigenvalue weighted by Gasteiger charge is 2.25. The first-order valence-corrected chi connectivity index (χ1v) is 31.2. The highest BCUT2D eigenvalue weighted by Crippen LogP contribution is 2.26. The van der Waals surface area contributed by atoms with Gasteiger partial charge in [-0.25, -0.2) is 28.1 Å². The van der Waals surface area contributed by atoms with Gasteiger partial charge in [-0.05, 0) is 163 Å². The van der Waals surface area contributed by atoms with Crippen molar-refractivity contribution in [1.82, 2.24) is 29.7 Å². The van der Waals surface area contributed by atoms with Gasteiger partial charge in [0.05, 0.1) is 57.0 Å². The summed E-state index contributed by atoms with van der Waals surface area (Å²) in [6, 6.07) is 41.9. The van der Waals surface area contributed by atoms with E-state index in [0.717, 1.165) is 45.5 Å². The van der Waals surface area contributed by atoms with E-state index in [0.29, 0.717) is 46.5 Å². The SMILES string of the molecule is CN(C)C(=N)c1ccc(C(=O)Nc2ccccc2C(=O)Nc2ccc(Br)cn2)c(F)c1.CN1CCN=C1c1ccc(C(=O)Nc2ccccc2C(=O)Nc2ccc(Br)cn2)c(F)c1.N=C(c1ccc(C(=O)Nc2ccccc2C(=O)Nc2ccc(Br)cn2)c(F)c1)N1CCC1. The third kappa shape index (κ3) is 17.9. The van der Waals surface area contributed by atoms with E-state index in [4.69, 9.17) is 10.8 Å². The van der Waals surface area contributed by atoms with E-state index in [-0.39, 0.29) is 62.1 Å². The highest BCUT2D eigenvalue weighted by atomic mass is 79.9. The first kappa shape index (κ1) is 68.6. The molecule has 0 bridgehead atoms. The molecule has 95 heavy (non-hydrogen) atoms. The molecule has 2 aliphatic rings. The smallest absolute Gasteiger partial charge is 0.258 e. The van der Waals surface area contributed by atoms with Crippen LogP contribution in [0.15, 0.2) is 201 Å². The monoisotopic (exact) mass is 1470 g/mol. The van der Waals surface area contributed by atoms with Crippen LogP contribution in [-0.4, -0.2) is 130 Å². The second kappa shape index (κ2) is 31.7. The van der Waals surface area contributed by atoms with Crippen LogP contribution in [0.3, 0.4) is 0 Å². The fourth-order valence-corrected chi connectivity index (χ4v) is 9.90. The number of nitrogens with zero attached hydrogens (tertiary/aromatic N) is 7. The molecule has 0 aliphatic carbocycles. The molecule has 27 heteroatoms. The van der Waals surface area contributed by atoms with Crippen LogP contribution in [0.5, 0.6) is 0 Å². The molecular weight excluding hydrogens is 1420 g/mol. The van der Waals surface area contributed by atoms with Crippen molar-refractivity contribution in [3.63, 3.8) is 0 Å². The van der Waals surface area contributed by atoms with Crippen LogP contribution in [0.4, 0.5) is 47.7 Å². The number of aromatic nitrogens is 3. The van der Waals surface area contributed by atoms with Crippen molar-refractivity contribution in [1.29, 1.82) is 10.8 Å². The Morgan fingerprint density at radius 1 is 0.453 bits per heavy atom. The van der Waals surface area contributed by atoms with Gasteiger partial charge in [0.1, 0.15) is 52.4 Å². The lowest BCUT2D eigenvalue weighted by atomic mass is 10.1. The molecule has 1 fully saturated rings. The lowest BCUT2D eigenvalue weighted by Crippen LogP contribution is -2.42. The number of benzene rings is 6. The summed E-state index contributed by atoms with van der Waals surface area (Å²) in [6.07, 6.45) is 5.67. The maximum Gasteiger partial charge on any atom is 0.258 e. The summed E-state index contributed by atoms with van der Waals surface area (Å²) in [6.45, 7) is 2.98. The summed E-state index contributed by atoms with van der Waals surface area (Å²) in [4.78, 5) is 98.2. The maximum atomic E-state index is 14.7. The molecule has 482 valence electrons. The van der Waals surface area contributed by atoms with Gasteiger partial charge in [-0.2, -0.15) is 0 Å². The molecule has 0 radical (unpaired) electrons. The number of amidine groups is 3. The highest BCUT2D eigenvalue weighted by molar-refractivity contribution is 9.11. The van der Waals surface area contributed by atoms with Crippen molar-refractivity contribution in [2.45, 2.75) is 6.42 Å². The Bertz CT molecular complexity index is 4450. The molecule has 1 saturated heterocycles. The molecule has 6 amide bonds. The molecule has 0 spiro atoms. The van der Waals surface area contributed by atoms with Crippen LogP contribution in [0, 0.1) is 28.3 Å². The zero-order chi connectivity index (χ0) is 67.9. The number of rotatable bonds is 15. The molecule has 2 aliphatic heterocycles. The number of nitrogens with one attached hydrogen (secondary N) is 8. The minimum absolute atomic E-state index is 0.120. The van der Waals surface area contributed by atoms with Gasteiger partial charge >= 0.3 is 0 Å². The Hall–Kier alpha value is -10.8. The van der Waals surface area contributed by atoms with Gasteiger partial charge in [0.2, 0.25) is 0 Å². The summed E-state index contributed by atoms with van der Waals surface area (Å²) in [5.41, 5.74) is 2.25. The Balaban J connectivity index is 0.000000168. The number of carbonyl (C=O) groups is 6. The van der Waals surface area contributed by atoms with E-state index in [1.165, 1.54) is 41.3 Å². The first-order chi connectivity index (χ1) is 45.6. The van der Waals surface area contributed by atoms with Crippen molar-refractivity contribution >= 4 is 135 Å². The number of anilines is 6. The van der Waals surface area contributed by atoms with Gasteiger partial charge in [-0.3, -0.25) is 44.6 Å². The van der Waals surface area contributed by atoms with E-state index in [1.807, 2.05) is 16.8 Å². The Kier molecular flexibility index (Phi) is 22.9. The van der Waals surface area contributed by atoms with Crippen LogP contribution in [0.1, 0.15) is 85.3 Å². The number of pyridine rings is 3. The zero-order valence-corrected chi connectivity index (χ0v) is 55.5. The second-order valence-corrected chi connectivity index (χ2v) is 23.8. The molecule has 5 heterocycles. The van der Waals surface area contributed by atoms with E-state index < -0.39 is 52.9 Å². The van der Waals surface area contributed by atoms with Crippen molar-refractivity contribution in [2.24, 2.45) is 4.99 Å². The Morgan fingerprint density at radius 2 is 0.821 bits per heavy atom. The molecule has 3 aromatic heterocycles. The zero-order valence-electron chi connectivity index (χ0n) is 50.7. The Morgan fingerprint density at radius 3 is 1.16 bits per heavy atom. The standard InChI is InChI=1S/2C23H19BrFN5O2.C22H19BrFN5O2/c1-30-11-10-26-21(30)14-6-8-16(18(25)12-14)22(31)28-19-5-3-2-4-17(19)23(32)29-20-9-7-15(24)13-27-20;24-15-7-9-20(27-13-15)29-23(32)17-4-1-2-5-19(17)28-22(31)16-8-6-14(12-18(16)25)21(26)30-10-3-11-30;1-29(2)20(25)13-7-9-15(17(24)11-13)21(30)27-18-6-4-3-5-16(18)22(31)28-19-10-8-14(23)12-26-19/h2-9,12-13H,10-11H2,1H3,(H,28,31)(H,27,29,32);1-2,4-9,12-13,26H,3,10-11H2,(H,28,31)(H,27,29,32);3-12,25H,1-2H3,(H,27,30)(H,26,28,31). The number of halogens is 6. The number of para-hydroxylation sites is 3. The number of amides is 6. The summed E-state index contributed by atoms with van der Waals surface area (Å²) in [7, 11) is 5.23. The number of aliphatic imine (C=N–C) groups is 1. The minimum atomic E-state index is -0.761. The van der Waals surface area contributed by atoms with Crippen LogP contribution in [0.25, 0.3) is 0 Å². The van der Waals surface area contributed by atoms with Crippen molar-refractivity contribution < 1.29 is 41.9 Å². The van der Waals surface area contributed by atoms with Gasteiger partial charge in [-0.1, -0.05) is 54.6 Å². The molecule has 0 saturated carbocycles. The van der Waals surface area contributed by atoms with Crippen molar-refractivity contribution in [2.75, 3.05) is 79.2 Å². The average Bonchev–Trinajstić information content (AvgIpc) is 1.56. The minimum Gasteiger partial charge on any atom is -0.363 e. The molecule has 6 aromatic carbocycles. The van der Waals surface area contributed by atoms with Crippen LogP contribution in [0.2, 0.25) is 0 Å². The van der Waals surface area contributed by atoms with Gasteiger partial charge in [0, 0.05) is 89.5 Å². The third-order valence-electron chi connectivity index (χ3n) is 14.3. The van der Waals surface area contributed by atoms with E-state index in [9.17, 15) is 41.9 Å². The summed E-state index contributed by atoms with van der Waals surface area (Å²) < 4.78 is 46.3. The van der Waals surface area contributed by atoms with Gasteiger partial charge in [0.25, 0.3) is 35.4 Å². The lowest BCUT2D eigenvalue weighted by Gasteiger charge is -2.33. The molecular formula is C68H57Br3F3N15O6. The summed E-state index contributed by atoms with van der Waals surface area (Å²) in [5.74, 6) is -3.47. The number of likely N-dealkylation sites (tertiary alicyclic amines) is 1. The number of hydrogen-bond donors (Lipinski definition) is 8. The van der Waals surface area contributed by atoms with Crippen LogP contribution < -0.4 is 31.9 Å². The molecule has 0 atom stereocenters. The number of carbonyl (C=O) groups excluding carboxylic acids is 6. The van der Waals surface area contributed by atoms with Crippen molar-refractivity contribution in [3.05, 3.63) is 263 Å². The average molecular weight is 1480 g/mol. The predicted molar refractivity (Wildman–Crippen MR) is 370 cm³/mol. The molecule has 21 nitrogen and oxygen atoms in total. The van der Waals surface area contributed by atoms with Gasteiger partial charge in [-0.15, -0.1) is 0 Å². The van der Waals surface area contributed by atoms with Gasteiger partial charge < -0.3 is 46.6 Å². The maximum absolute atomic E-state index is 14.7. The molecule has 0 unspecified atom stereocenters. The fourth-order valence-electron chi connectivity index (χ4n) is 9.20. The normalized spacial score (nSPS) is 12.0. The third-order valence-corrected chi connectivity index (χ3v) is 15.7. The fraction of sp³-hybridized carbons (Fsp3) is 0.118. The Labute approximate surface area is 568 Å². The van der Waals surface area contributed by atoms with Crippen molar-refractivity contribution in [3.8, 4) is 0 Å². The van der Waals surface area contributed by atoms with E-state index >= 15 is 0 Å². The van der Waals surface area contributed by atoms with Gasteiger partial charge in [0.15, 0.2) is 0 Å². The lowest BCUT2D eigenvalue weighted by molar-refractivity contribution is 0.100. The topological polar surface area (TPSA) is 283 Å². The van der Waals surface area contributed by atoms with E-state index in [1.54, 1.807) is 154 Å². The summed E-state index contributed by atoms with van der Waals surface area (Å²) in [5, 5.41) is 31.9. The molecule has 8 N–H and O–H groups in total. The number of hydrogen-bond acceptors (Lipinski definition) is 13. The molecule has 11 rings (SSSR count). The largest absolute Gasteiger partial charge is 0.363 e. The first-order valence-electron chi connectivity index (χ1n) is 28.8. The number of likely N-dealkylation sites (N-methyl/N-ethyl adjacent to an activating group) is 1. The quantitative estimate of drug-likeness (QED) is 0.0351. The predicted octanol–water partition coefficient (Wildman–Crippen LogP) is 13.1. The second-order valence-electron chi connectivity index (χ2n) is 21.1. The van der Waals surface area contributed by atoms with Crippen LogP contribution >= 0.6 is 47.8 Å². The summed E-state index contributed by atoms with van der Waals surface area (Å²) >= 11 is 9.84.